The van der Waals surface area contributed by atoms with Crippen molar-refractivity contribution in [1.29, 1.82) is 0 Å². The Balaban J connectivity index is 2.40. The minimum atomic E-state index is -2.54. The Morgan fingerprint density at radius 2 is 2.00 bits per heavy atom. The van der Waals surface area contributed by atoms with Crippen LogP contribution in [-0.4, -0.2) is 21.2 Å². The molecule has 0 spiro atoms. The third-order valence-corrected chi connectivity index (χ3v) is 1.96. The zero-order chi connectivity index (χ0) is 10.4. The number of ketones is 1. The van der Waals surface area contributed by atoms with Gasteiger partial charge in [-0.05, 0) is 0 Å². The lowest BCUT2D eigenvalue weighted by Crippen LogP contribution is -2.05. The highest BCUT2D eigenvalue weighted by atomic mass is 32.2. The summed E-state index contributed by atoms with van der Waals surface area (Å²) in [5.41, 5.74) is 0.563. The highest BCUT2D eigenvalue weighted by Crippen LogP contribution is 2.02. The number of Topliss-reactive ketones (excluding diaryl/α,β-unsaturated/α-hetero) is 1. The van der Waals surface area contributed by atoms with Gasteiger partial charge in [-0.15, -0.1) is 0 Å². The summed E-state index contributed by atoms with van der Waals surface area (Å²) in [6.07, 6.45) is 0.0675. The Labute approximate surface area is 84.4 Å². The summed E-state index contributed by atoms with van der Waals surface area (Å²) in [4.78, 5) is 11.3. The Hall–Kier alpha value is -1.04. The molecule has 0 saturated heterocycles. The van der Waals surface area contributed by atoms with Gasteiger partial charge in [0.25, 0.3) is 0 Å². The molecule has 0 aromatic heterocycles. The van der Waals surface area contributed by atoms with E-state index in [-0.39, 0.29) is 18.8 Å². The lowest BCUT2D eigenvalue weighted by molar-refractivity contribution is 0.0963. The van der Waals surface area contributed by atoms with Crippen molar-refractivity contribution in [2.45, 2.75) is 6.42 Å². The predicted octanol–water partition coefficient (Wildman–Crippen LogP) is 1.07. The van der Waals surface area contributed by atoms with Crippen molar-refractivity contribution in [3.8, 4) is 0 Å². The summed E-state index contributed by atoms with van der Waals surface area (Å²) in [6.45, 7) is -0.107. The number of carbonyl (C=O) groups excluding carboxylic acids is 1. The van der Waals surface area contributed by atoms with E-state index in [1.165, 1.54) is 0 Å². The molecule has 0 aliphatic carbocycles. The second-order valence-corrected chi connectivity index (χ2v) is 3.21. The zero-order valence-corrected chi connectivity index (χ0v) is 8.16. The molecular formula is C9H9O4S-. The van der Waals surface area contributed by atoms with Crippen LogP contribution in [-0.2, 0) is 15.5 Å². The van der Waals surface area contributed by atoms with Crippen LogP contribution >= 0.6 is 0 Å². The molecule has 0 aliphatic heterocycles. The molecule has 0 aliphatic rings. The van der Waals surface area contributed by atoms with Crippen LogP contribution in [0, 0.1) is 0 Å². The molecule has 14 heavy (non-hydrogen) atoms. The van der Waals surface area contributed by atoms with Crippen LogP contribution in [0.3, 0.4) is 0 Å². The number of rotatable bonds is 5. The number of hydrogen-bond donors (Lipinski definition) is 0. The first kappa shape index (κ1) is 11.0. The maximum absolute atomic E-state index is 11.3. The molecule has 4 nitrogen and oxygen atoms in total. The summed E-state index contributed by atoms with van der Waals surface area (Å²) >= 11 is -2.54. The molecule has 0 radical (unpaired) electrons. The number of hydrogen-bond acceptors (Lipinski definition) is 4. The molecule has 1 aromatic rings. The van der Waals surface area contributed by atoms with Crippen LogP contribution in [0.15, 0.2) is 30.3 Å². The van der Waals surface area contributed by atoms with E-state index in [0.29, 0.717) is 5.56 Å². The van der Waals surface area contributed by atoms with E-state index in [1.54, 1.807) is 30.3 Å². The van der Waals surface area contributed by atoms with Crippen molar-refractivity contribution >= 4 is 17.1 Å². The maximum Gasteiger partial charge on any atom is 0.165 e. The van der Waals surface area contributed by atoms with Gasteiger partial charge in [0, 0.05) is 12.0 Å². The average Bonchev–Trinajstić information content (AvgIpc) is 2.18. The first-order valence-electron chi connectivity index (χ1n) is 4.01. The molecule has 1 rings (SSSR count). The third-order valence-electron chi connectivity index (χ3n) is 1.60. The van der Waals surface area contributed by atoms with Gasteiger partial charge in [-0.2, -0.15) is 0 Å². The Bertz CT molecular complexity index is 323. The van der Waals surface area contributed by atoms with Gasteiger partial charge in [0.05, 0.1) is 18.0 Å². The second kappa shape index (κ2) is 5.64. The molecule has 1 atom stereocenters. The highest BCUT2D eigenvalue weighted by Gasteiger charge is 2.03. The molecule has 1 unspecified atom stereocenters. The number of benzene rings is 1. The van der Waals surface area contributed by atoms with Crippen LogP contribution < -0.4 is 0 Å². The molecule has 1 aromatic carbocycles. The minimum absolute atomic E-state index is 0.0675. The molecule has 0 bridgehead atoms. The van der Waals surface area contributed by atoms with Crippen molar-refractivity contribution in [3.05, 3.63) is 35.9 Å². The van der Waals surface area contributed by atoms with Gasteiger partial charge in [0.1, 0.15) is 0 Å². The van der Waals surface area contributed by atoms with Crippen LogP contribution in [0.1, 0.15) is 16.8 Å². The summed E-state index contributed by atoms with van der Waals surface area (Å²) in [7, 11) is 0. The van der Waals surface area contributed by atoms with E-state index in [2.05, 4.69) is 4.18 Å². The molecule has 0 amide bonds. The monoisotopic (exact) mass is 213 g/mol. The fraction of sp³-hybridized carbons (Fsp3) is 0.222. The van der Waals surface area contributed by atoms with Gasteiger partial charge >= 0.3 is 0 Å². The standard InChI is InChI=1S/C9H10O4S/c10-9(6-7-13-14(11)12)8-4-2-1-3-5-8/h1-5H,6-7H2,(H,11,12)/p-1. The molecule has 5 heteroatoms. The van der Waals surface area contributed by atoms with Crippen molar-refractivity contribution in [2.75, 3.05) is 6.61 Å². The van der Waals surface area contributed by atoms with E-state index in [9.17, 15) is 13.6 Å². The van der Waals surface area contributed by atoms with E-state index >= 15 is 0 Å². The summed E-state index contributed by atoms with van der Waals surface area (Å²) in [5.74, 6) is -0.129. The Kier molecular flexibility index (Phi) is 4.45. The fourth-order valence-electron chi connectivity index (χ4n) is 0.971. The van der Waals surface area contributed by atoms with Gasteiger partial charge < -0.3 is 8.74 Å². The minimum Gasteiger partial charge on any atom is -0.750 e. The molecule has 0 saturated carbocycles. The normalized spacial score (nSPS) is 12.4. The summed E-state index contributed by atoms with van der Waals surface area (Å²) < 4.78 is 24.2. The molecule has 0 heterocycles. The van der Waals surface area contributed by atoms with Crippen molar-refractivity contribution in [3.63, 3.8) is 0 Å². The van der Waals surface area contributed by atoms with Crippen molar-refractivity contribution in [1.82, 2.24) is 0 Å². The SMILES string of the molecule is O=C(CCOS(=O)[O-])c1ccccc1. The number of carbonyl (C=O) groups is 1. The van der Waals surface area contributed by atoms with Crippen LogP contribution in [0.4, 0.5) is 0 Å². The largest absolute Gasteiger partial charge is 0.750 e. The topological polar surface area (TPSA) is 66.4 Å². The lowest BCUT2D eigenvalue weighted by Gasteiger charge is -2.04. The highest BCUT2D eigenvalue weighted by molar-refractivity contribution is 7.74. The molecular weight excluding hydrogens is 204 g/mol. The first-order chi connectivity index (χ1) is 6.70. The van der Waals surface area contributed by atoms with Gasteiger partial charge in [-0.1, -0.05) is 30.3 Å². The zero-order valence-electron chi connectivity index (χ0n) is 7.34. The molecule has 0 N–H and O–H groups in total. The van der Waals surface area contributed by atoms with E-state index < -0.39 is 11.4 Å². The van der Waals surface area contributed by atoms with Gasteiger partial charge in [0.2, 0.25) is 0 Å². The molecule has 76 valence electrons. The van der Waals surface area contributed by atoms with E-state index in [1.807, 2.05) is 0 Å². The maximum atomic E-state index is 11.3. The predicted molar refractivity (Wildman–Crippen MR) is 50.3 cm³/mol. The van der Waals surface area contributed by atoms with Crippen molar-refractivity contribution in [2.24, 2.45) is 0 Å². The molecule has 0 fully saturated rings. The van der Waals surface area contributed by atoms with Crippen LogP contribution in [0.25, 0.3) is 0 Å². The van der Waals surface area contributed by atoms with Gasteiger partial charge in [-0.25, -0.2) is 4.21 Å². The smallest absolute Gasteiger partial charge is 0.165 e. The quantitative estimate of drug-likeness (QED) is 0.542. The summed E-state index contributed by atoms with van der Waals surface area (Å²) in [6, 6.07) is 8.66. The van der Waals surface area contributed by atoms with Crippen molar-refractivity contribution < 1.29 is 17.7 Å². The lowest BCUT2D eigenvalue weighted by atomic mass is 10.1. The fourth-order valence-corrected chi connectivity index (χ4v) is 1.19. The summed E-state index contributed by atoms with van der Waals surface area (Å²) in [5, 5.41) is 0. The van der Waals surface area contributed by atoms with Gasteiger partial charge in [-0.3, -0.25) is 4.79 Å². The van der Waals surface area contributed by atoms with Gasteiger partial charge in [0.15, 0.2) is 5.78 Å². The Morgan fingerprint density at radius 3 is 2.57 bits per heavy atom. The average molecular weight is 213 g/mol. The third kappa shape index (κ3) is 3.78. The van der Waals surface area contributed by atoms with E-state index in [4.69, 9.17) is 0 Å². The van der Waals surface area contributed by atoms with E-state index in [0.717, 1.165) is 0 Å². The second-order valence-electron chi connectivity index (χ2n) is 2.57. The van der Waals surface area contributed by atoms with Crippen LogP contribution in [0.5, 0.6) is 0 Å². The first-order valence-corrected chi connectivity index (χ1v) is 5.01. The Morgan fingerprint density at radius 1 is 1.36 bits per heavy atom. The van der Waals surface area contributed by atoms with Crippen LogP contribution in [0.2, 0.25) is 0 Å².